The van der Waals surface area contributed by atoms with Gasteiger partial charge in [0.1, 0.15) is 0 Å². The van der Waals surface area contributed by atoms with Gasteiger partial charge in [0.05, 0.1) is 12.2 Å². The predicted molar refractivity (Wildman–Crippen MR) is 195 cm³/mol. The van der Waals surface area contributed by atoms with Gasteiger partial charge >= 0.3 is 11.9 Å². The average molecular weight is 684 g/mol. The zero-order valence-corrected chi connectivity index (χ0v) is 32.5. The van der Waals surface area contributed by atoms with Gasteiger partial charge in [0, 0.05) is 18.0 Å². The molecule has 0 spiro atoms. The van der Waals surface area contributed by atoms with E-state index < -0.39 is 17.4 Å². The maximum absolute atomic E-state index is 13.4. The summed E-state index contributed by atoms with van der Waals surface area (Å²) in [4.78, 5) is 26.9. The maximum atomic E-state index is 13.4. The molecule has 0 aromatic carbocycles. The number of ether oxygens (including phenoxy) is 2. The van der Waals surface area contributed by atoms with Crippen LogP contribution in [-0.4, -0.2) is 42.1 Å². The number of hydrogen-bond donors (Lipinski definition) is 1. The molecule has 48 heavy (non-hydrogen) atoms. The Balaban J connectivity index is 1.27. The van der Waals surface area contributed by atoms with Crippen LogP contribution in [0.5, 0.6) is 0 Å². The second-order valence-corrected chi connectivity index (χ2v) is 19.3. The summed E-state index contributed by atoms with van der Waals surface area (Å²) in [5.41, 5.74) is 2.84. The third-order valence-corrected chi connectivity index (χ3v) is 16.0. The molecule has 4 fully saturated rings. The fourth-order valence-electron chi connectivity index (χ4n) is 13.5. The summed E-state index contributed by atoms with van der Waals surface area (Å²) in [5.74, 6) is 2.74. The van der Waals surface area contributed by atoms with E-state index in [1.54, 1.807) is 0 Å². The summed E-state index contributed by atoms with van der Waals surface area (Å²) in [6.45, 7) is 21.4. The Kier molecular flexibility index (Phi) is 9.66. The monoisotopic (exact) mass is 683 g/mol. The molecule has 6 aliphatic rings. The number of halogens is 1. The van der Waals surface area contributed by atoms with Gasteiger partial charge < -0.3 is 14.8 Å². The molecule has 0 amide bonds. The van der Waals surface area contributed by atoms with E-state index in [1.165, 1.54) is 68.9 Å². The summed E-state index contributed by atoms with van der Waals surface area (Å²) in [6.07, 6.45) is 18.9. The van der Waals surface area contributed by atoms with Gasteiger partial charge in [-0.2, -0.15) is 0 Å². The Hall–Kier alpha value is -1.33. The van der Waals surface area contributed by atoms with Crippen molar-refractivity contribution in [3.63, 3.8) is 0 Å². The number of fused-ring (bicyclic) bond motifs is 7. The molecule has 0 saturated heterocycles. The molecule has 0 heterocycles. The molecular formula is C42H66ClNO4. The van der Waals surface area contributed by atoms with Crippen LogP contribution in [0, 0.1) is 50.7 Å². The lowest BCUT2D eigenvalue weighted by Crippen LogP contribution is -2.67. The molecule has 0 aromatic rings. The highest BCUT2D eigenvalue weighted by atomic mass is 35.5. The highest BCUT2D eigenvalue weighted by molar-refractivity contribution is 6.18. The van der Waals surface area contributed by atoms with Crippen molar-refractivity contribution in [1.82, 2.24) is 5.32 Å². The van der Waals surface area contributed by atoms with E-state index in [0.717, 1.165) is 30.7 Å². The van der Waals surface area contributed by atoms with Crippen molar-refractivity contribution >= 4 is 23.5 Å². The van der Waals surface area contributed by atoms with Crippen molar-refractivity contribution in [3.05, 3.63) is 23.3 Å². The lowest BCUT2D eigenvalue weighted by molar-refractivity contribution is -0.218. The van der Waals surface area contributed by atoms with Crippen LogP contribution >= 0.6 is 11.6 Å². The molecule has 0 bridgehead atoms. The fraction of sp³-hybridized carbons (Fsp3) is 0.857. The molecule has 0 radical (unpaired) electrons. The number of hydrogen-bond acceptors (Lipinski definition) is 5. The second-order valence-electron chi connectivity index (χ2n) is 18.9. The predicted octanol–water partition coefficient (Wildman–Crippen LogP) is 9.96. The quantitative estimate of drug-likeness (QED) is 0.157. The van der Waals surface area contributed by atoms with Crippen molar-refractivity contribution < 1.29 is 19.1 Å². The van der Waals surface area contributed by atoms with Crippen molar-refractivity contribution in [2.45, 2.75) is 164 Å². The number of esters is 2. The van der Waals surface area contributed by atoms with E-state index in [9.17, 15) is 9.59 Å². The Morgan fingerprint density at radius 2 is 1.48 bits per heavy atom. The van der Waals surface area contributed by atoms with Gasteiger partial charge in [0.25, 0.3) is 0 Å². The van der Waals surface area contributed by atoms with Crippen molar-refractivity contribution in [1.29, 1.82) is 0 Å². The van der Waals surface area contributed by atoms with Crippen LogP contribution in [0.15, 0.2) is 23.3 Å². The third kappa shape index (κ3) is 5.39. The van der Waals surface area contributed by atoms with E-state index in [-0.39, 0.29) is 23.0 Å². The number of carbonyl (C=O) groups is 2. The average Bonchev–Trinajstić information content (AvgIpc) is 3.44. The zero-order valence-electron chi connectivity index (χ0n) is 31.7. The van der Waals surface area contributed by atoms with Crippen molar-refractivity contribution in [2.24, 2.45) is 50.7 Å². The summed E-state index contributed by atoms with van der Waals surface area (Å²) in [6, 6.07) is 0. The maximum Gasteiger partial charge on any atom is 0.324 e. The van der Waals surface area contributed by atoms with Gasteiger partial charge in [-0.15, -0.1) is 11.6 Å². The summed E-state index contributed by atoms with van der Waals surface area (Å²) < 4.78 is 11.3. The van der Waals surface area contributed by atoms with Gasteiger partial charge in [0.15, 0.2) is 5.41 Å². The van der Waals surface area contributed by atoms with Gasteiger partial charge in [0.2, 0.25) is 0 Å². The van der Waals surface area contributed by atoms with Crippen LogP contribution < -0.4 is 5.32 Å². The molecule has 5 nitrogen and oxygen atoms in total. The van der Waals surface area contributed by atoms with E-state index in [0.29, 0.717) is 47.4 Å². The molecule has 6 aliphatic carbocycles. The van der Waals surface area contributed by atoms with Crippen molar-refractivity contribution in [3.8, 4) is 0 Å². The van der Waals surface area contributed by atoms with Crippen LogP contribution in [0.1, 0.15) is 146 Å². The lowest BCUT2D eigenvalue weighted by Gasteiger charge is -2.72. The molecule has 0 aliphatic heterocycles. The Morgan fingerprint density at radius 3 is 2.08 bits per heavy atom. The first kappa shape index (κ1) is 36.5. The molecule has 8 atom stereocenters. The summed E-state index contributed by atoms with van der Waals surface area (Å²) in [7, 11) is 0. The van der Waals surface area contributed by atoms with Crippen LogP contribution in [0.2, 0.25) is 0 Å². The zero-order chi connectivity index (χ0) is 34.9. The van der Waals surface area contributed by atoms with Crippen molar-refractivity contribution in [2.75, 3.05) is 12.4 Å². The first-order chi connectivity index (χ1) is 22.5. The Morgan fingerprint density at radius 1 is 0.792 bits per heavy atom. The minimum absolute atomic E-state index is 0.0213. The number of allylic oxidation sites excluding steroid dienone is 4. The minimum Gasteiger partial charge on any atom is -0.462 e. The van der Waals surface area contributed by atoms with Gasteiger partial charge in [-0.05, 0) is 161 Å². The lowest BCUT2D eigenvalue weighted by atomic mass is 9.33. The minimum atomic E-state index is -1.26. The molecule has 0 aromatic heterocycles. The standard InChI is InChI=1S/C42H66ClNO4/c1-27(2)47-35(45)41(36(46)48-28(3)4)21-14-29(15-22-41)30-16-19-38(7)33(37(30,5)6)17-20-40(9)34(38)13-12-31-32-11-10-18-42(32,44-26-25-43)24-23-39(31,40)8/h14,16,27-28,31-34,44H,10-13,15,17-26H2,1-9H3. The first-order valence-corrected chi connectivity index (χ1v) is 20.2. The highest BCUT2D eigenvalue weighted by Crippen LogP contribution is 2.76. The number of carbonyl (C=O) groups excluding carboxylic acids is 2. The van der Waals surface area contributed by atoms with Gasteiger partial charge in [-0.25, -0.2) is 0 Å². The van der Waals surface area contributed by atoms with Crippen LogP contribution in [0.3, 0.4) is 0 Å². The topological polar surface area (TPSA) is 64.6 Å². The Labute approximate surface area is 297 Å². The SMILES string of the molecule is CC(C)OC(=O)C1(C(=O)OC(C)C)CC=C(C2=CCC3(C)C(CCC4(C)C3CCC3C5CCCC5(NCCCl)CCC34C)C2(C)C)CC1. The van der Waals surface area contributed by atoms with Crippen LogP contribution in [0.4, 0.5) is 0 Å². The molecule has 1 N–H and O–H groups in total. The second kappa shape index (κ2) is 12.7. The van der Waals surface area contributed by atoms with E-state index in [1.807, 2.05) is 27.7 Å². The third-order valence-electron chi connectivity index (χ3n) is 15.8. The van der Waals surface area contributed by atoms with Crippen LogP contribution in [0.25, 0.3) is 0 Å². The van der Waals surface area contributed by atoms with Crippen LogP contribution in [-0.2, 0) is 19.1 Å². The first-order valence-electron chi connectivity index (χ1n) is 19.6. The molecule has 6 heteroatoms. The smallest absolute Gasteiger partial charge is 0.324 e. The highest BCUT2D eigenvalue weighted by Gasteiger charge is 2.69. The van der Waals surface area contributed by atoms with E-state index in [4.69, 9.17) is 21.1 Å². The van der Waals surface area contributed by atoms with E-state index >= 15 is 0 Å². The largest absolute Gasteiger partial charge is 0.462 e. The molecular weight excluding hydrogens is 618 g/mol. The number of alkyl halides is 1. The van der Waals surface area contributed by atoms with Gasteiger partial charge in [-0.3, -0.25) is 9.59 Å². The number of rotatable bonds is 8. The van der Waals surface area contributed by atoms with E-state index in [2.05, 4.69) is 52.1 Å². The summed E-state index contributed by atoms with van der Waals surface area (Å²) in [5, 5.41) is 4.02. The molecule has 270 valence electrons. The summed E-state index contributed by atoms with van der Waals surface area (Å²) >= 11 is 6.21. The molecule has 6 rings (SSSR count). The Bertz CT molecular complexity index is 1310. The van der Waals surface area contributed by atoms with Gasteiger partial charge in [-0.1, -0.05) is 53.2 Å². The fourth-order valence-corrected chi connectivity index (χ4v) is 13.6. The normalized spacial score (nSPS) is 41.3. The molecule has 4 saturated carbocycles. The number of nitrogens with one attached hydrogen (secondary N) is 1. The molecule has 8 unspecified atom stereocenters.